The summed E-state index contributed by atoms with van der Waals surface area (Å²) in [7, 11) is 0. The molecule has 0 spiro atoms. The molecule has 0 bridgehead atoms. The number of ether oxygens (including phenoxy) is 1. The number of morpholine rings is 1. The van der Waals surface area contributed by atoms with Crippen LogP contribution in [0.15, 0.2) is 58.2 Å². The Morgan fingerprint density at radius 2 is 1.95 bits per heavy atom. The standard InChI is InChI=1S/C17H19BrN2OS/c18-15-6-4-14(5-7-15)16-13-19-17(22-16)3-1-2-8-20-9-11-21-12-10-20/h1-8,13,16-17H,9-12H2/b3-1+,8-2+. The Kier molecular flexibility index (Phi) is 5.76. The Balaban J connectivity index is 1.48. The minimum atomic E-state index is 0.211. The van der Waals surface area contributed by atoms with Crippen LogP contribution in [-0.2, 0) is 4.74 Å². The van der Waals surface area contributed by atoms with Crippen LogP contribution >= 0.6 is 27.7 Å². The van der Waals surface area contributed by atoms with Crippen molar-refractivity contribution in [3.8, 4) is 0 Å². The van der Waals surface area contributed by atoms with E-state index in [1.807, 2.05) is 11.8 Å². The summed E-state index contributed by atoms with van der Waals surface area (Å²) in [4.78, 5) is 6.85. The van der Waals surface area contributed by atoms with Crippen molar-refractivity contribution >= 4 is 33.9 Å². The van der Waals surface area contributed by atoms with Crippen LogP contribution in [0.5, 0.6) is 0 Å². The molecule has 5 heteroatoms. The largest absolute Gasteiger partial charge is 0.378 e. The van der Waals surface area contributed by atoms with Crippen molar-refractivity contribution in [2.75, 3.05) is 26.3 Å². The van der Waals surface area contributed by atoms with E-state index in [2.05, 4.69) is 80.7 Å². The second-order valence-electron chi connectivity index (χ2n) is 5.17. The van der Waals surface area contributed by atoms with E-state index in [1.54, 1.807) is 0 Å². The van der Waals surface area contributed by atoms with Crippen LogP contribution in [0.2, 0.25) is 0 Å². The zero-order valence-corrected chi connectivity index (χ0v) is 14.7. The monoisotopic (exact) mass is 378 g/mol. The molecular weight excluding hydrogens is 360 g/mol. The molecule has 116 valence electrons. The first-order chi connectivity index (χ1) is 10.8. The zero-order chi connectivity index (χ0) is 15.2. The molecule has 0 amide bonds. The third-order valence-corrected chi connectivity index (χ3v) is 5.36. The number of halogens is 1. The molecule has 2 unspecified atom stereocenters. The first-order valence-electron chi connectivity index (χ1n) is 7.42. The van der Waals surface area contributed by atoms with E-state index < -0.39 is 0 Å². The summed E-state index contributed by atoms with van der Waals surface area (Å²) in [5, 5.41) is 0.564. The Hall–Kier alpha value is -1.04. The SMILES string of the molecule is Brc1ccc(C2C=NC(/C=C/C=C/N3CCOCC3)S2)cc1. The van der Waals surface area contributed by atoms with Crippen molar-refractivity contribution < 1.29 is 4.74 Å². The topological polar surface area (TPSA) is 24.8 Å². The predicted molar refractivity (Wildman–Crippen MR) is 97.4 cm³/mol. The Labute approximate surface area is 144 Å². The summed E-state index contributed by atoms with van der Waals surface area (Å²) < 4.78 is 6.44. The lowest BCUT2D eigenvalue weighted by Crippen LogP contribution is -2.31. The van der Waals surface area contributed by atoms with Crippen LogP contribution in [0.4, 0.5) is 0 Å². The fourth-order valence-corrected chi connectivity index (χ4v) is 3.69. The summed E-state index contributed by atoms with van der Waals surface area (Å²) in [5.74, 6) is 0. The number of benzene rings is 1. The average Bonchev–Trinajstić information content (AvgIpc) is 3.02. The first kappa shape index (κ1) is 15.8. The van der Waals surface area contributed by atoms with Gasteiger partial charge in [-0.25, -0.2) is 0 Å². The lowest BCUT2D eigenvalue weighted by atomic mass is 10.2. The summed E-state index contributed by atoms with van der Waals surface area (Å²) in [6.07, 6.45) is 10.5. The number of aliphatic imine (C=N–C) groups is 1. The predicted octanol–water partition coefficient (Wildman–Crippen LogP) is 4.04. The first-order valence-corrected chi connectivity index (χ1v) is 9.16. The maximum absolute atomic E-state index is 5.33. The van der Waals surface area contributed by atoms with Crippen molar-refractivity contribution in [3.05, 3.63) is 58.7 Å². The highest BCUT2D eigenvalue weighted by atomic mass is 79.9. The van der Waals surface area contributed by atoms with E-state index in [-0.39, 0.29) is 5.37 Å². The van der Waals surface area contributed by atoms with Crippen molar-refractivity contribution in [3.63, 3.8) is 0 Å². The minimum Gasteiger partial charge on any atom is -0.378 e. The molecule has 2 aliphatic rings. The number of hydrogen-bond acceptors (Lipinski definition) is 4. The van der Waals surface area contributed by atoms with E-state index in [1.165, 1.54) is 5.56 Å². The molecule has 1 fully saturated rings. The molecule has 2 heterocycles. The Morgan fingerprint density at radius 1 is 1.18 bits per heavy atom. The molecule has 0 N–H and O–H groups in total. The maximum Gasteiger partial charge on any atom is 0.114 e. The fraction of sp³-hybridized carbons (Fsp3) is 0.353. The van der Waals surface area contributed by atoms with Gasteiger partial charge in [-0.3, -0.25) is 4.99 Å². The molecule has 1 saturated heterocycles. The number of allylic oxidation sites excluding steroid dienone is 2. The van der Waals surface area contributed by atoms with Crippen LogP contribution in [0, 0.1) is 0 Å². The van der Waals surface area contributed by atoms with Gasteiger partial charge in [-0.1, -0.05) is 40.2 Å². The van der Waals surface area contributed by atoms with E-state index in [4.69, 9.17) is 4.74 Å². The van der Waals surface area contributed by atoms with Gasteiger partial charge in [0.2, 0.25) is 0 Å². The van der Waals surface area contributed by atoms with Gasteiger partial charge in [-0.2, -0.15) is 0 Å². The van der Waals surface area contributed by atoms with Crippen molar-refractivity contribution in [1.82, 2.24) is 4.90 Å². The normalized spacial score (nSPS) is 25.6. The van der Waals surface area contributed by atoms with Gasteiger partial charge in [-0.05, 0) is 30.0 Å². The van der Waals surface area contributed by atoms with E-state index in [0.717, 1.165) is 30.8 Å². The van der Waals surface area contributed by atoms with Crippen LogP contribution in [0.1, 0.15) is 10.8 Å². The molecule has 0 radical (unpaired) electrons. The second-order valence-corrected chi connectivity index (χ2v) is 7.35. The number of thioether (sulfide) groups is 1. The van der Waals surface area contributed by atoms with Gasteiger partial charge in [-0.15, -0.1) is 11.8 Å². The molecule has 22 heavy (non-hydrogen) atoms. The van der Waals surface area contributed by atoms with Crippen molar-refractivity contribution in [1.29, 1.82) is 0 Å². The lowest BCUT2D eigenvalue weighted by Gasteiger charge is -2.24. The number of nitrogens with zero attached hydrogens (tertiary/aromatic N) is 2. The summed E-state index contributed by atoms with van der Waals surface area (Å²) in [5.41, 5.74) is 1.30. The quantitative estimate of drug-likeness (QED) is 0.739. The molecule has 2 aliphatic heterocycles. The van der Waals surface area contributed by atoms with Gasteiger partial charge in [0.25, 0.3) is 0 Å². The summed E-state index contributed by atoms with van der Waals surface area (Å²) in [6, 6.07) is 8.46. The zero-order valence-electron chi connectivity index (χ0n) is 12.3. The second kappa shape index (κ2) is 7.99. The van der Waals surface area contributed by atoms with Gasteiger partial charge in [0, 0.05) is 23.8 Å². The summed E-state index contributed by atoms with van der Waals surface area (Å²) >= 11 is 5.33. The Morgan fingerprint density at radius 3 is 2.73 bits per heavy atom. The van der Waals surface area contributed by atoms with Gasteiger partial charge >= 0.3 is 0 Å². The fourth-order valence-electron chi connectivity index (χ4n) is 2.35. The van der Waals surface area contributed by atoms with E-state index >= 15 is 0 Å². The molecule has 3 nitrogen and oxygen atoms in total. The minimum absolute atomic E-state index is 0.211. The molecule has 3 rings (SSSR count). The number of rotatable bonds is 4. The maximum atomic E-state index is 5.33. The average molecular weight is 379 g/mol. The molecular formula is C17H19BrN2OS. The Bertz CT molecular complexity index is 565. The third kappa shape index (κ3) is 4.48. The summed E-state index contributed by atoms with van der Waals surface area (Å²) in [6.45, 7) is 3.61. The number of hydrogen-bond donors (Lipinski definition) is 0. The van der Waals surface area contributed by atoms with Crippen LogP contribution in [0.3, 0.4) is 0 Å². The highest BCUT2D eigenvalue weighted by Crippen LogP contribution is 2.37. The van der Waals surface area contributed by atoms with Crippen molar-refractivity contribution in [2.24, 2.45) is 4.99 Å². The van der Waals surface area contributed by atoms with Gasteiger partial charge in [0.05, 0.1) is 18.5 Å². The van der Waals surface area contributed by atoms with Crippen LogP contribution in [-0.4, -0.2) is 42.8 Å². The molecule has 0 saturated carbocycles. The molecule has 1 aromatic carbocycles. The molecule has 0 aromatic heterocycles. The highest BCUT2D eigenvalue weighted by Gasteiger charge is 2.20. The molecule has 0 aliphatic carbocycles. The highest BCUT2D eigenvalue weighted by molar-refractivity contribution is 9.10. The molecule has 2 atom stereocenters. The van der Waals surface area contributed by atoms with Gasteiger partial charge in [0.15, 0.2) is 0 Å². The van der Waals surface area contributed by atoms with Gasteiger partial charge in [0.1, 0.15) is 5.37 Å². The third-order valence-electron chi connectivity index (χ3n) is 3.58. The van der Waals surface area contributed by atoms with E-state index in [9.17, 15) is 0 Å². The van der Waals surface area contributed by atoms with Crippen molar-refractivity contribution in [2.45, 2.75) is 10.6 Å². The van der Waals surface area contributed by atoms with Crippen LogP contribution < -0.4 is 0 Å². The van der Waals surface area contributed by atoms with E-state index in [0.29, 0.717) is 5.25 Å². The molecule has 1 aromatic rings. The smallest absolute Gasteiger partial charge is 0.114 e. The lowest BCUT2D eigenvalue weighted by molar-refractivity contribution is 0.0594. The van der Waals surface area contributed by atoms with Gasteiger partial charge < -0.3 is 9.64 Å². The van der Waals surface area contributed by atoms with Crippen LogP contribution in [0.25, 0.3) is 0 Å².